The quantitative estimate of drug-likeness (QED) is 0.0943. The number of ketones is 1. The van der Waals surface area contributed by atoms with Crippen LogP contribution in [-0.2, 0) is 24.9 Å². The van der Waals surface area contributed by atoms with Crippen molar-refractivity contribution in [2.24, 2.45) is 11.8 Å². The van der Waals surface area contributed by atoms with Crippen molar-refractivity contribution in [2.45, 2.75) is 53.4 Å². The minimum Gasteiger partial charge on any atom is -0.512 e. The molecule has 1 radical (unpaired) electrons. The Morgan fingerprint density at radius 2 is 1.30 bits per heavy atom. The first-order chi connectivity index (χ1) is 22.0. The van der Waals surface area contributed by atoms with Crippen molar-refractivity contribution in [3.8, 4) is 11.3 Å². The maximum atomic E-state index is 11.7. The van der Waals surface area contributed by atoms with Gasteiger partial charge in [-0.1, -0.05) is 93.2 Å². The Bertz CT molecular complexity index is 2170. The summed E-state index contributed by atoms with van der Waals surface area (Å²) >= 11 is 0. The van der Waals surface area contributed by atoms with Gasteiger partial charge in [0.15, 0.2) is 5.78 Å². The number of aromatic nitrogens is 1. The summed E-state index contributed by atoms with van der Waals surface area (Å²) in [6.45, 7) is 8.07. The summed E-state index contributed by atoms with van der Waals surface area (Å²) < 4.78 is 12.6. The van der Waals surface area contributed by atoms with Crippen LogP contribution in [-0.4, -0.2) is 15.9 Å². The van der Waals surface area contributed by atoms with Gasteiger partial charge in [-0.15, -0.1) is 18.2 Å². The van der Waals surface area contributed by atoms with Crippen LogP contribution in [0.5, 0.6) is 0 Å². The molecular formula is C40H38IrNO4-. The topological polar surface area (TPSA) is 76.5 Å². The zero-order chi connectivity index (χ0) is 31.5. The third kappa shape index (κ3) is 6.12. The zero-order valence-corrected chi connectivity index (χ0v) is 29.0. The average Bonchev–Trinajstić information content (AvgIpc) is 3.65. The molecule has 0 amide bonds. The number of furan rings is 2. The summed E-state index contributed by atoms with van der Waals surface area (Å²) in [4.78, 5) is 16.7. The molecule has 0 spiro atoms. The van der Waals surface area contributed by atoms with Crippen LogP contribution in [0.15, 0.2) is 106 Å². The Kier molecular flexibility index (Phi) is 10.4. The summed E-state index contributed by atoms with van der Waals surface area (Å²) in [6.07, 6.45) is 4.91. The van der Waals surface area contributed by atoms with E-state index in [0.717, 1.165) is 91.7 Å². The molecule has 6 heteroatoms. The van der Waals surface area contributed by atoms with Crippen molar-refractivity contribution in [1.29, 1.82) is 0 Å². The van der Waals surface area contributed by atoms with E-state index >= 15 is 0 Å². The summed E-state index contributed by atoms with van der Waals surface area (Å²) in [5.41, 5.74) is 5.75. The maximum Gasteiger partial charge on any atom is 0.162 e. The third-order valence-electron chi connectivity index (χ3n) is 8.87. The van der Waals surface area contributed by atoms with Crippen LogP contribution in [0.2, 0.25) is 0 Å². The average molecular weight is 789 g/mol. The van der Waals surface area contributed by atoms with E-state index in [4.69, 9.17) is 13.8 Å². The fourth-order valence-electron chi connectivity index (χ4n) is 6.25. The molecule has 0 aliphatic carbocycles. The predicted molar refractivity (Wildman–Crippen MR) is 184 cm³/mol. The van der Waals surface area contributed by atoms with Crippen LogP contribution in [0.3, 0.4) is 0 Å². The number of fused-ring (bicyclic) bond motifs is 8. The molecule has 0 saturated heterocycles. The largest absolute Gasteiger partial charge is 0.512 e. The van der Waals surface area contributed by atoms with Crippen molar-refractivity contribution in [1.82, 2.24) is 4.98 Å². The van der Waals surface area contributed by atoms with Gasteiger partial charge in [0.2, 0.25) is 0 Å². The number of allylic oxidation sites excluding steroid dienone is 2. The van der Waals surface area contributed by atoms with Crippen LogP contribution in [0.25, 0.3) is 66.0 Å². The van der Waals surface area contributed by atoms with E-state index in [1.807, 2.05) is 94.4 Å². The number of nitrogens with zero attached hydrogens (tertiary/aromatic N) is 1. The predicted octanol–water partition coefficient (Wildman–Crippen LogP) is 11.4. The molecule has 3 aromatic heterocycles. The number of para-hydroxylation sites is 3. The molecule has 0 aliphatic rings. The molecular weight excluding hydrogens is 751 g/mol. The van der Waals surface area contributed by atoms with E-state index < -0.39 is 0 Å². The number of pyridine rings is 1. The molecule has 0 atom stereocenters. The van der Waals surface area contributed by atoms with E-state index in [1.54, 1.807) is 0 Å². The summed E-state index contributed by atoms with van der Waals surface area (Å²) in [7, 11) is 0. The standard InChI is InChI=1S/C27H14NO2.C13H24O2.Ir/c1-4-13-21-18(9-1)24-19-10-3-6-15-23(19)30-27(24)25(28-21)20-12-7-11-17-16-8-2-5-14-22(16)29-26(17)20;1-5-10(6-2)12(14)9-13(15)11(7-3)8-4;/h1-11,13-15H;9-11,14H,5-8H2,1-4H3;/q-1;;/b;12-9-;. The van der Waals surface area contributed by atoms with Crippen LogP contribution >= 0.6 is 0 Å². The normalized spacial score (nSPS) is 11.9. The van der Waals surface area contributed by atoms with Gasteiger partial charge < -0.3 is 13.9 Å². The maximum absolute atomic E-state index is 11.7. The summed E-state index contributed by atoms with van der Waals surface area (Å²) in [5.74, 6) is 0.547. The van der Waals surface area contributed by atoms with Crippen LogP contribution in [0.4, 0.5) is 0 Å². The molecule has 1 N–H and O–H groups in total. The first-order valence-electron chi connectivity index (χ1n) is 16.0. The van der Waals surface area contributed by atoms with Crippen LogP contribution < -0.4 is 0 Å². The van der Waals surface area contributed by atoms with E-state index in [2.05, 4.69) is 24.3 Å². The third-order valence-corrected chi connectivity index (χ3v) is 8.87. The Labute approximate surface area is 282 Å². The summed E-state index contributed by atoms with van der Waals surface area (Å²) in [6, 6.07) is 31.8. The van der Waals surface area contributed by atoms with Gasteiger partial charge in [-0.3, -0.25) is 9.78 Å². The molecule has 237 valence electrons. The molecule has 46 heavy (non-hydrogen) atoms. The molecule has 0 aliphatic heterocycles. The van der Waals surface area contributed by atoms with Gasteiger partial charge in [0.05, 0.1) is 16.9 Å². The van der Waals surface area contributed by atoms with E-state index in [9.17, 15) is 9.90 Å². The number of aliphatic hydroxyl groups is 1. The smallest absolute Gasteiger partial charge is 0.162 e. The molecule has 0 fully saturated rings. The zero-order valence-electron chi connectivity index (χ0n) is 26.6. The number of hydrogen-bond acceptors (Lipinski definition) is 5. The van der Waals surface area contributed by atoms with Crippen molar-refractivity contribution in [2.75, 3.05) is 0 Å². The van der Waals surface area contributed by atoms with Gasteiger partial charge in [-0.2, -0.15) is 0 Å². The number of carbonyl (C=O) groups is 1. The molecule has 7 aromatic rings. The molecule has 7 rings (SSSR count). The van der Waals surface area contributed by atoms with E-state index in [0.29, 0.717) is 0 Å². The van der Waals surface area contributed by atoms with Gasteiger partial charge in [-0.25, -0.2) is 0 Å². The second-order valence-corrected chi connectivity index (χ2v) is 11.5. The molecule has 0 bridgehead atoms. The second-order valence-electron chi connectivity index (χ2n) is 11.5. The molecule has 3 heterocycles. The Hall–Kier alpha value is -4.25. The van der Waals surface area contributed by atoms with Crippen molar-refractivity contribution in [3.05, 3.63) is 103 Å². The first kappa shape index (κ1) is 33.1. The van der Waals surface area contributed by atoms with Gasteiger partial charge in [0.25, 0.3) is 0 Å². The van der Waals surface area contributed by atoms with Gasteiger partial charge in [0, 0.05) is 65.3 Å². The van der Waals surface area contributed by atoms with Crippen molar-refractivity contribution in [3.63, 3.8) is 0 Å². The number of hydrogen-bond donors (Lipinski definition) is 1. The first-order valence-corrected chi connectivity index (χ1v) is 16.0. The Balaban J connectivity index is 0.000000225. The van der Waals surface area contributed by atoms with Gasteiger partial charge in [0.1, 0.15) is 16.7 Å². The van der Waals surface area contributed by atoms with Gasteiger partial charge >= 0.3 is 0 Å². The van der Waals surface area contributed by atoms with Crippen LogP contribution in [0.1, 0.15) is 53.4 Å². The number of rotatable bonds is 8. The fourth-order valence-corrected chi connectivity index (χ4v) is 6.25. The number of aliphatic hydroxyl groups excluding tert-OH is 1. The fraction of sp³-hybridized carbons (Fsp3) is 0.250. The Morgan fingerprint density at radius 3 is 1.98 bits per heavy atom. The molecule has 0 saturated carbocycles. The SMILES string of the molecule is CCC(CC)C(=O)/C=C(\O)C(CC)CC.[Ir].[c-]1ccc2c(oc3ccccc32)c1-c1nc2ccccc2c2c1oc1ccccc12. The summed E-state index contributed by atoms with van der Waals surface area (Å²) in [5, 5.41) is 15.1. The van der Waals surface area contributed by atoms with Gasteiger partial charge in [-0.05, 0) is 43.9 Å². The molecule has 4 aromatic carbocycles. The van der Waals surface area contributed by atoms with E-state index in [-0.39, 0.29) is 43.5 Å². The monoisotopic (exact) mass is 789 g/mol. The number of carbonyl (C=O) groups excluding carboxylic acids is 1. The van der Waals surface area contributed by atoms with Crippen LogP contribution in [0, 0.1) is 17.9 Å². The van der Waals surface area contributed by atoms with Crippen molar-refractivity contribution < 1.29 is 38.8 Å². The molecule has 0 unspecified atom stereocenters. The minimum absolute atomic E-state index is 0. The van der Waals surface area contributed by atoms with E-state index in [1.165, 1.54) is 6.08 Å². The number of benzene rings is 4. The molecule has 5 nitrogen and oxygen atoms in total. The Morgan fingerprint density at radius 1 is 0.739 bits per heavy atom. The minimum atomic E-state index is 0. The second kappa shape index (κ2) is 14.5. The van der Waals surface area contributed by atoms with Crippen molar-refractivity contribution >= 4 is 60.6 Å².